The van der Waals surface area contributed by atoms with E-state index < -0.39 is 0 Å². The van der Waals surface area contributed by atoms with Gasteiger partial charge in [0.1, 0.15) is 5.75 Å². The molecule has 0 saturated carbocycles. The van der Waals surface area contributed by atoms with E-state index >= 15 is 0 Å². The summed E-state index contributed by atoms with van der Waals surface area (Å²) in [7, 11) is 1.63. The number of thioether (sulfide) groups is 1. The van der Waals surface area contributed by atoms with Gasteiger partial charge in [0, 0.05) is 11.3 Å². The zero-order chi connectivity index (χ0) is 20.1. The second kappa shape index (κ2) is 8.93. The van der Waals surface area contributed by atoms with E-state index in [4.69, 9.17) is 9.47 Å². The molecule has 0 fully saturated rings. The van der Waals surface area contributed by atoms with E-state index in [0.717, 1.165) is 17.0 Å². The van der Waals surface area contributed by atoms with Crippen molar-refractivity contribution in [2.45, 2.75) is 32.0 Å². The van der Waals surface area contributed by atoms with E-state index in [1.807, 2.05) is 73.9 Å². The van der Waals surface area contributed by atoms with E-state index in [-0.39, 0.29) is 17.8 Å². The Kier molecular flexibility index (Phi) is 6.36. The fraction of sp³-hybridized carbons (Fsp3) is 0.286. The number of hydrogen-bond donors (Lipinski definition) is 0. The minimum Gasteiger partial charge on any atom is -0.497 e. The molecule has 1 heterocycles. The van der Waals surface area contributed by atoms with Crippen molar-refractivity contribution in [3.05, 3.63) is 54.1 Å². The number of esters is 1. The zero-order valence-corrected chi connectivity index (χ0v) is 17.2. The van der Waals surface area contributed by atoms with Crippen molar-refractivity contribution in [2.24, 2.45) is 0 Å². The Labute approximate surface area is 168 Å². The molecule has 1 aromatic heterocycles. The summed E-state index contributed by atoms with van der Waals surface area (Å²) in [5, 5.41) is 9.33. The molecule has 3 aromatic rings. The van der Waals surface area contributed by atoms with Crippen molar-refractivity contribution in [1.29, 1.82) is 0 Å². The zero-order valence-electron chi connectivity index (χ0n) is 16.4. The summed E-state index contributed by atoms with van der Waals surface area (Å²) in [5.74, 6) is 1.37. The summed E-state index contributed by atoms with van der Waals surface area (Å²) >= 11 is 1.30. The average Bonchev–Trinajstić information content (AvgIpc) is 3.10. The van der Waals surface area contributed by atoms with Crippen LogP contribution in [0.25, 0.3) is 17.1 Å². The van der Waals surface area contributed by atoms with Crippen molar-refractivity contribution in [3.63, 3.8) is 0 Å². The highest BCUT2D eigenvalue weighted by Gasteiger charge is 2.18. The SMILES string of the molecule is COc1ccc(-n2c(SCC(=O)OC(C)C)nnc2-c2ccc(C)cc2)cc1. The highest BCUT2D eigenvalue weighted by molar-refractivity contribution is 7.99. The molecular weight excluding hydrogens is 374 g/mol. The number of methoxy groups -OCH3 is 1. The van der Waals surface area contributed by atoms with E-state index in [2.05, 4.69) is 10.2 Å². The molecule has 0 saturated heterocycles. The number of aromatic nitrogens is 3. The Morgan fingerprint density at radius 1 is 1.07 bits per heavy atom. The molecule has 0 N–H and O–H groups in total. The van der Waals surface area contributed by atoms with Gasteiger partial charge >= 0.3 is 5.97 Å². The van der Waals surface area contributed by atoms with E-state index in [9.17, 15) is 4.79 Å². The predicted molar refractivity (Wildman–Crippen MR) is 110 cm³/mol. The minimum atomic E-state index is -0.277. The quantitative estimate of drug-likeness (QED) is 0.438. The second-order valence-corrected chi connectivity index (χ2v) is 7.48. The lowest BCUT2D eigenvalue weighted by Crippen LogP contribution is -2.13. The molecule has 6 nitrogen and oxygen atoms in total. The maximum Gasteiger partial charge on any atom is 0.316 e. The molecule has 7 heteroatoms. The van der Waals surface area contributed by atoms with Crippen LogP contribution in [0.1, 0.15) is 19.4 Å². The van der Waals surface area contributed by atoms with Crippen LogP contribution in [0.5, 0.6) is 5.75 Å². The number of ether oxygens (including phenoxy) is 2. The molecular formula is C21H23N3O3S. The Hall–Kier alpha value is -2.80. The normalized spacial score (nSPS) is 10.9. The van der Waals surface area contributed by atoms with Crippen LogP contribution in [0.3, 0.4) is 0 Å². The minimum absolute atomic E-state index is 0.143. The molecule has 0 bridgehead atoms. The first-order chi connectivity index (χ1) is 13.5. The molecule has 28 heavy (non-hydrogen) atoms. The number of aryl methyl sites for hydroxylation is 1. The Morgan fingerprint density at radius 2 is 1.75 bits per heavy atom. The van der Waals surface area contributed by atoms with Gasteiger partial charge in [-0.05, 0) is 45.0 Å². The van der Waals surface area contributed by atoms with Gasteiger partial charge in [0.25, 0.3) is 0 Å². The van der Waals surface area contributed by atoms with Gasteiger partial charge in [0.2, 0.25) is 0 Å². The number of hydrogen-bond acceptors (Lipinski definition) is 6. The molecule has 0 spiro atoms. The molecule has 3 rings (SSSR count). The third kappa shape index (κ3) is 4.72. The molecule has 2 aromatic carbocycles. The smallest absolute Gasteiger partial charge is 0.316 e. The van der Waals surface area contributed by atoms with Gasteiger partial charge in [-0.15, -0.1) is 10.2 Å². The molecule has 0 atom stereocenters. The van der Waals surface area contributed by atoms with Gasteiger partial charge in [-0.2, -0.15) is 0 Å². The Bertz CT molecular complexity index is 935. The van der Waals surface area contributed by atoms with Crippen LogP contribution >= 0.6 is 11.8 Å². The monoisotopic (exact) mass is 397 g/mol. The maximum absolute atomic E-state index is 12.0. The summed E-state index contributed by atoms with van der Waals surface area (Å²) < 4.78 is 12.4. The number of nitrogens with zero attached hydrogens (tertiary/aromatic N) is 3. The summed E-state index contributed by atoms with van der Waals surface area (Å²) in [4.78, 5) is 12.0. The standard InChI is InChI=1S/C21H23N3O3S/c1-14(2)27-19(25)13-28-21-23-22-20(16-7-5-15(3)6-8-16)24(21)17-9-11-18(26-4)12-10-17/h5-12,14H,13H2,1-4H3. The van der Waals surface area contributed by atoms with Crippen LogP contribution in [-0.4, -0.2) is 39.7 Å². The third-order valence-corrected chi connectivity index (χ3v) is 4.86. The molecule has 0 aliphatic heterocycles. The molecule has 0 aliphatic carbocycles. The summed E-state index contributed by atoms with van der Waals surface area (Å²) in [6.07, 6.45) is -0.143. The average molecular weight is 398 g/mol. The number of carbonyl (C=O) groups is 1. The van der Waals surface area contributed by atoms with Crippen LogP contribution < -0.4 is 4.74 Å². The van der Waals surface area contributed by atoms with E-state index in [1.165, 1.54) is 17.3 Å². The molecule has 0 unspecified atom stereocenters. The lowest BCUT2D eigenvalue weighted by atomic mass is 10.1. The van der Waals surface area contributed by atoms with Crippen molar-refractivity contribution in [2.75, 3.05) is 12.9 Å². The number of benzene rings is 2. The van der Waals surface area contributed by atoms with Crippen molar-refractivity contribution < 1.29 is 14.3 Å². The van der Waals surface area contributed by atoms with Gasteiger partial charge in [0.05, 0.1) is 19.0 Å². The van der Waals surface area contributed by atoms with Crippen LogP contribution in [0.15, 0.2) is 53.7 Å². The summed E-state index contributed by atoms with van der Waals surface area (Å²) in [6.45, 7) is 5.70. The van der Waals surface area contributed by atoms with Crippen LogP contribution in [0, 0.1) is 6.92 Å². The first-order valence-corrected chi connectivity index (χ1v) is 9.95. The van der Waals surface area contributed by atoms with Crippen molar-refractivity contribution in [3.8, 4) is 22.8 Å². The van der Waals surface area contributed by atoms with Crippen LogP contribution in [0.4, 0.5) is 0 Å². The Morgan fingerprint density at radius 3 is 2.36 bits per heavy atom. The summed E-state index contributed by atoms with van der Waals surface area (Å²) in [5.41, 5.74) is 3.01. The fourth-order valence-corrected chi connectivity index (χ4v) is 3.37. The highest BCUT2D eigenvalue weighted by Crippen LogP contribution is 2.29. The molecule has 0 amide bonds. The van der Waals surface area contributed by atoms with Crippen molar-refractivity contribution >= 4 is 17.7 Å². The number of carbonyl (C=O) groups excluding carboxylic acids is 1. The fourth-order valence-electron chi connectivity index (χ4n) is 2.64. The molecule has 146 valence electrons. The second-order valence-electron chi connectivity index (χ2n) is 6.53. The molecule has 0 aliphatic rings. The van der Waals surface area contributed by atoms with Gasteiger partial charge in [0.15, 0.2) is 11.0 Å². The maximum atomic E-state index is 12.0. The number of rotatable bonds is 7. The third-order valence-electron chi connectivity index (χ3n) is 3.96. The topological polar surface area (TPSA) is 66.2 Å². The first-order valence-electron chi connectivity index (χ1n) is 8.97. The first kappa shape index (κ1) is 19.9. The van der Waals surface area contributed by atoms with Gasteiger partial charge < -0.3 is 9.47 Å². The van der Waals surface area contributed by atoms with Gasteiger partial charge in [-0.1, -0.05) is 41.6 Å². The lowest BCUT2D eigenvalue weighted by Gasteiger charge is -2.12. The van der Waals surface area contributed by atoms with E-state index in [0.29, 0.717) is 11.0 Å². The van der Waals surface area contributed by atoms with Crippen LogP contribution in [0.2, 0.25) is 0 Å². The largest absolute Gasteiger partial charge is 0.497 e. The van der Waals surface area contributed by atoms with E-state index in [1.54, 1.807) is 7.11 Å². The lowest BCUT2D eigenvalue weighted by molar-refractivity contribution is -0.144. The van der Waals surface area contributed by atoms with Gasteiger partial charge in [-0.25, -0.2) is 0 Å². The van der Waals surface area contributed by atoms with Crippen molar-refractivity contribution in [1.82, 2.24) is 14.8 Å². The molecule has 0 radical (unpaired) electrons. The highest BCUT2D eigenvalue weighted by atomic mass is 32.2. The Balaban J connectivity index is 1.97. The predicted octanol–water partition coefficient (Wildman–Crippen LogP) is 4.30. The summed E-state index contributed by atoms with van der Waals surface area (Å²) in [6, 6.07) is 15.8. The van der Waals surface area contributed by atoms with Crippen LogP contribution in [-0.2, 0) is 9.53 Å². The van der Waals surface area contributed by atoms with Gasteiger partial charge in [-0.3, -0.25) is 9.36 Å².